The van der Waals surface area contributed by atoms with Crippen LogP contribution >= 0.6 is 11.3 Å². The zero-order valence-electron chi connectivity index (χ0n) is 26.7. The zero-order chi connectivity index (χ0) is 35.4. The second kappa shape index (κ2) is 14.8. The minimum absolute atomic E-state index is 0.0335. The molecule has 0 fully saturated rings. The Morgan fingerprint density at radius 2 is 1.72 bits per heavy atom. The van der Waals surface area contributed by atoms with Crippen molar-refractivity contribution in [2.24, 2.45) is 0 Å². The van der Waals surface area contributed by atoms with Crippen LogP contribution in [-0.4, -0.2) is 50.9 Å². The molecule has 0 saturated heterocycles. The highest BCUT2D eigenvalue weighted by Crippen LogP contribution is 2.50. The quantitative estimate of drug-likeness (QED) is 0.149. The largest absolute Gasteiger partial charge is 0.480 e. The standard InChI is InChI=1S/C34H31F2N7O6S/c1-3-27(44)38-17-21-29-31(45)43(26-14-15-28(48-2)41-40-26)34(47)42(18-22-23(35)10-7-11-24(22)36)32(29)50-30(21)19-12-13-25(37-16-19)39-33(46)49-20-8-5-4-6-9-20/h4-16,31,34,45,47H,3,17-18H2,1-2H3,(H,38,44)(H,37,39,46). The molecule has 0 bridgehead atoms. The Morgan fingerprint density at radius 3 is 2.36 bits per heavy atom. The lowest BCUT2D eigenvalue weighted by molar-refractivity contribution is -0.120. The van der Waals surface area contributed by atoms with Gasteiger partial charge < -0.3 is 29.9 Å². The first-order valence-corrected chi connectivity index (χ1v) is 16.1. The number of rotatable bonds is 10. The van der Waals surface area contributed by atoms with Crippen LogP contribution in [0.15, 0.2) is 79.0 Å². The highest BCUT2D eigenvalue weighted by Gasteiger charge is 2.43. The van der Waals surface area contributed by atoms with Gasteiger partial charge in [0.25, 0.3) is 0 Å². The molecule has 2 aromatic carbocycles. The third-order valence-corrected chi connectivity index (χ3v) is 9.16. The molecule has 5 aromatic rings. The van der Waals surface area contributed by atoms with E-state index in [-0.39, 0.29) is 52.5 Å². The molecule has 16 heteroatoms. The van der Waals surface area contributed by atoms with Crippen LogP contribution in [0, 0.1) is 11.6 Å². The van der Waals surface area contributed by atoms with Crippen molar-refractivity contribution in [1.29, 1.82) is 0 Å². The van der Waals surface area contributed by atoms with Crippen molar-refractivity contribution < 1.29 is 38.1 Å². The Hall–Kier alpha value is -5.71. The topological polar surface area (TPSA) is 162 Å². The first kappa shape index (κ1) is 34.2. The number of para-hydroxylation sites is 1. The normalized spacial score (nSPS) is 15.3. The summed E-state index contributed by atoms with van der Waals surface area (Å²) in [6.07, 6.45) is -2.30. The van der Waals surface area contributed by atoms with Gasteiger partial charge in [0, 0.05) is 46.8 Å². The highest BCUT2D eigenvalue weighted by molar-refractivity contribution is 7.20. The molecule has 0 radical (unpaired) electrons. The van der Waals surface area contributed by atoms with Crippen LogP contribution in [0.25, 0.3) is 10.4 Å². The summed E-state index contributed by atoms with van der Waals surface area (Å²) in [5, 5.41) is 37.4. The van der Waals surface area contributed by atoms with E-state index in [2.05, 4.69) is 25.8 Å². The number of carbonyl (C=O) groups is 2. The number of carbonyl (C=O) groups excluding carboxylic acids is 2. The molecule has 4 heterocycles. The minimum atomic E-state index is -1.68. The van der Waals surface area contributed by atoms with Gasteiger partial charge in [-0.3, -0.25) is 15.0 Å². The van der Waals surface area contributed by atoms with Gasteiger partial charge >= 0.3 is 6.09 Å². The average molecular weight is 704 g/mol. The van der Waals surface area contributed by atoms with Crippen LogP contribution in [0.2, 0.25) is 0 Å². The zero-order valence-corrected chi connectivity index (χ0v) is 27.5. The molecule has 13 nitrogen and oxygen atoms in total. The molecule has 6 rings (SSSR count). The third kappa shape index (κ3) is 7.03. The minimum Gasteiger partial charge on any atom is -0.480 e. The maximum absolute atomic E-state index is 15.0. The number of nitrogens with zero attached hydrogens (tertiary/aromatic N) is 5. The van der Waals surface area contributed by atoms with Gasteiger partial charge in [0.1, 0.15) is 28.2 Å². The maximum atomic E-state index is 15.0. The molecule has 2 amide bonds. The molecule has 1 aliphatic heterocycles. The fraction of sp³-hybridized carbons (Fsp3) is 0.206. The molecular weight excluding hydrogens is 672 g/mol. The van der Waals surface area contributed by atoms with Gasteiger partial charge in [0.2, 0.25) is 18.1 Å². The van der Waals surface area contributed by atoms with Crippen LogP contribution in [0.4, 0.5) is 30.2 Å². The number of thiophene rings is 1. The second-order valence-corrected chi connectivity index (χ2v) is 11.9. The van der Waals surface area contributed by atoms with Crippen molar-refractivity contribution in [1.82, 2.24) is 20.5 Å². The lowest BCUT2D eigenvalue weighted by Crippen LogP contribution is -2.54. The van der Waals surface area contributed by atoms with Crippen molar-refractivity contribution in [2.75, 3.05) is 22.2 Å². The van der Waals surface area contributed by atoms with Crippen molar-refractivity contribution in [2.45, 2.75) is 39.0 Å². The Bertz CT molecular complexity index is 1960. The number of anilines is 3. The molecule has 50 heavy (non-hydrogen) atoms. The fourth-order valence-electron chi connectivity index (χ4n) is 5.32. The number of aliphatic hydroxyl groups excluding tert-OH is 2. The van der Waals surface area contributed by atoms with E-state index < -0.39 is 36.9 Å². The molecule has 2 unspecified atom stereocenters. The van der Waals surface area contributed by atoms with E-state index in [1.54, 1.807) is 49.4 Å². The van der Waals surface area contributed by atoms with Crippen molar-refractivity contribution in [3.63, 3.8) is 0 Å². The fourth-order valence-corrected chi connectivity index (χ4v) is 6.68. The predicted octanol–water partition coefficient (Wildman–Crippen LogP) is 5.32. The van der Waals surface area contributed by atoms with Gasteiger partial charge in [-0.15, -0.1) is 21.5 Å². The summed E-state index contributed by atoms with van der Waals surface area (Å²) in [6, 6.07) is 18.1. The SMILES string of the molecule is CCC(=O)NCc1c(-c2ccc(NC(=O)Oc3ccccc3)nc2)sc2c1C(O)N(c1ccc(OC)nn1)C(O)N2Cc1c(F)cccc1F. The molecule has 258 valence electrons. The van der Waals surface area contributed by atoms with Gasteiger partial charge in [-0.1, -0.05) is 31.2 Å². The maximum Gasteiger partial charge on any atom is 0.418 e. The first-order chi connectivity index (χ1) is 24.2. The lowest BCUT2D eigenvalue weighted by atomic mass is 10.0. The van der Waals surface area contributed by atoms with Crippen LogP contribution in [0.5, 0.6) is 11.6 Å². The van der Waals surface area contributed by atoms with E-state index in [1.807, 2.05) is 0 Å². The van der Waals surface area contributed by atoms with E-state index in [9.17, 15) is 28.6 Å². The number of methoxy groups -OCH3 is 1. The monoisotopic (exact) mass is 703 g/mol. The van der Waals surface area contributed by atoms with Crippen molar-refractivity contribution >= 4 is 40.0 Å². The summed E-state index contributed by atoms with van der Waals surface area (Å²) in [6.45, 7) is 1.21. The Balaban J connectivity index is 1.43. The molecular formula is C34H31F2N7O6S. The smallest absolute Gasteiger partial charge is 0.418 e. The first-order valence-electron chi connectivity index (χ1n) is 15.3. The van der Waals surface area contributed by atoms with Crippen molar-refractivity contribution in [3.8, 4) is 22.1 Å². The van der Waals surface area contributed by atoms with E-state index >= 15 is 0 Å². The summed E-state index contributed by atoms with van der Waals surface area (Å²) in [4.78, 5) is 32.3. The van der Waals surface area contributed by atoms with Crippen LogP contribution in [-0.2, 0) is 17.9 Å². The van der Waals surface area contributed by atoms with Gasteiger partial charge in [-0.2, -0.15) is 0 Å². The van der Waals surface area contributed by atoms with Gasteiger partial charge in [0.05, 0.1) is 13.7 Å². The predicted molar refractivity (Wildman–Crippen MR) is 180 cm³/mol. The second-order valence-electron chi connectivity index (χ2n) is 10.9. The number of amides is 2. The summed E-state index contributed by atoms with van der Waals surface area (Å²) in [7, 11) is 1.41. The average Bonchev–Trinajstić information content (AvgIpc) is 3.50. The number of aliphatic hydroxyl groups is 2. The summed E-state index contributed by atoms with van der Waals surface area (Å²) < 4.78 is 40.4. The number of pyridine rings is 1. The third-order valence-electron chi connectivity index (χ3n) is 7.82. The number of hydrogen-bond acceptors (Lipinski definition) is 12. The molecule has 3 aromatic heterocycles. The van der Waals surface area contributed by atoms with Gasteiger partial charge in [-0.25, -0.2) is 18.6 Å². The van der Waals surface area contributed by atoms with Gasteiger partial charge in [0.15, 0.2) is 12.0 Å². The molecule has 4 N–H and O–H groups in total. The number of ether oxygens (including phenoxy) is 2. The number of nitrogens with one attached hydrogen (secondary N) is 2. The highest BCUT2D eigenvalue weighted by atomic mass is 32.1. The molecule has 1 aliphatic rings. The number of aromatic nitrogens is 3. The Kier molecular flexibility index (Phi) is 10.1. The van der Waals surface area contributed by atoms with Crippen LogP contribution in [0.1, 0.15) is 36.3 Å². The number of halogens is 2. The molecule has 0 saturated carbocycles. The molecule has 0 aliphatic carbocycles. The Morgan fingerprint density at radius 1 is 0.960 bits per heavy atom. The molecule has 2 atom stereocenters. The van der Waals surface area contributed by atoms with Crippen molar-refractivity contribution in [3.05, 3.63) is 107 Å². The van der Waals surface area contributed by atoms with Crippen LogP contribution < -0.4 is 29.9 Å². The van der Waals surface area contributed by atoms with Gasteiger partial charge in [-0.05, 0) is 48.0 Å². The lowest BCUT2D eigenvalue weighted by Gasteiger charge is -2.44. The van der Waals surface area contributed by atoms with E-state index in [0.29, 0.717) is 21.8 Å². The molecule has 0 spiro atoms. The van der Waals surface area contributed by atoms with E-state index in [4.69, 9.17) is 9.47 Å². The summed E-state index contributed by atoms with van der Waals surface area (Å²) >= 11 is 1.12. The Labute approximate surface area is 288 Å². The summed E-state index contributed by atoms with van der Waals surface area (Å²) in [5.41, 5.74) is 0.934. The number of benzene rings is 2. The van der Waals surface area contributed by atoms with Crippen LogP contribution in [0.3, 0.4) is 0 Å². The van der Waals surface area contributed by atoms with E-state index in [1.165, 1.54) is 36.4 Å². The van der Waals surface area contributed by atoms with E-state index in [0.717, 1.165) is 28.4 Å². The summed E-state index contributed by atoms with van der Waals surface area (Å²) in [5.74, 6) is -1.17. The number of fused-ring (bicyclic) bond motifs is 1. The number of hydrogen-bond donors (Lipinski definition) is 4.